The third-order valence-corrected chi connectivity index (χ3v) is 4.70. The fraction of sp³-hybridized carbons (Fsp3) is 0.250. The minimum absolute atomic E-state index is 0.209. The number of amides is 1. The third kappa shape index (κ3) is 3.66. The molecular formula is C20H20ClN3O4. The number of rotatable bonds is 5. The molecule has 0 saturated carbocycles. The van der Waals surface area contributed by atoms with Crippen LogP contribution >= 0.6 is 11.6 Å². The molecule has 1 amide bonds. The first-order valence-corrected chi connectivity index (χ1v) is 8.92. The summed E-state index contributed by atoms with van der Waals surface area (Å²) in [6.07, 6.45) is 0. The van der Waals surface area contributed by atoms with Gasteiger partial charge in [-0.05, 0) is 37.3 Å². The second-order valence-corrected chi connectivity index (χ2v) is 6.69. The van der Waals surface area contributed by atoms with Gasteiger partial charge in [-0.1, -0.05) is 11.6 Å². The number of nitrogens with one attached hydrogen (secondary N) is 1. The zero-order valence-corrected chi connectivity index (χ0v) is 16.7. The van der Waals surface area contributed by atoms with Gasteiger partial charge < -0.3 is 14.8 Å². The SMILES string of the molecule is COc1ccc(C(=O)NC(C)c2nc3cc(Cl)ccc3c(=O)n2C)c(OC)c1. The highest BCUT2D eigenvalue weighted by Crippen LogP contribution is 2.25. The van der Waals surface area contributed by atoms with E-state index in [9.17, 15) is 9.59 Å². The van der Waals surface area contributed by atoms with Crippen molar-refractivity contribution in [2.45, 2.75) is 13.0 Å². The molecule has 0 aliphatic carbocycles. The summed E-state index contributed by atoms with van der Waals surface area (Å²) in [5, 5.41) is 3.81. The summed E-state index contributed by atoms with van der Waals surface area (Å²) in [7, 11) is 4.64. The van der Waals surface area contributed by atoms with E-state index in [-0.39, 0.29) is 11.5 Å². The molecule has 1 N–H and O–H groups in total. The van der Waals surface area contributed by atoms with Crippen molar-refractivity contribution in [3.8, 4) is 11.5 Å². The van der Waals surface area contributed by atoms with Crippen LogP contribution in [0, 0.1) is 0 Å². The maximum absolute atomic E-state index is 12.8. The Balaban J connectivity index is 1.95. The number of halogens is 1. The van der Waals surface area contributed by atoms with Gasteiger partial charge in [-0.2, -0.15) is 0 Å². The molecule has 146 valence electrons. The monoisotopic (exact) mass is 401 g/mol. The fourth-order valence-corrected chi connectivity index (χ4v) is 3.14. The van der Waals surface area contributed by atoms with Gasteiger partial charge in [-0.15, -0.1) is 0 Å². The van der Waals surface area contributed by atoms with Crippen LogP contribution in [0.4, 0.5) is 0 Å². The van der Waals surface area contributed by atoms with Crippen LogP contribution < -0.4 is 20.3 Å². The van der Waals surface area contributed by atoms with Crippen LogP contribution in [-0.2, 0) is 7.05 Å². The molecule has 1 aromatic heterocycles. The van der Waals surface area contributed by atoms with Gasteiger partial charge in [-0.3, -0.25) is 14.2 Å². The summed E-state index contributed by atoms with van der Waals surface area (Å²) < 4.78 is 11.9. The molecule has 3 rings (SSSR count). The Labute approximate surface area is 166 Å². The maximum Gasteiger partial charge on any atom is 0.261 e. The summed E-state index contributed by atoms with van der Waals surface area (Å²) in [6, 6.07) is 9.31. The van der Waals surface area contributed by atoms with E-state index in [4.69, 9.17) is 21.1 Å². The van der Waals surface area contributed by atoms with Crippen LogP contribution in [-0.4, -0.2) is 29.7 Å². The van der Waals surface area contributed by atoms with E-state index >= 15 is 0 Å². The average molecular weight is 402 g/mol. The van der Waals surface area contributed by atoms with Crippen LogP contribution in [0.15, 0.2) is 41.2 Å². The highest BCUT2D eigenvalue weighted by Gasteiger charge is 2.20. The predicted molar refractivity (Wildman–Crippen MR) is 107 cm³/mol. The van der Waals surface area contributed by atoms with E-state index in [0.717, 1.165) is 0 Å². The first-order valence-electron chi connectivity index (χ1n) is 8.54. The molecule has 3 aromatic rings. The lowest BCUT2D eigenvalue weighted by molar-refractivity contribution is 0.0934. The van der Waals surface area contributed by atoms with Crippen molar-refractivity contribution >= 4 is 28.4 Å². The Morgan fingerprint density at radius 2 is 1.93 bits per heavy atom. The quantitative estimate of drug-likeness (QED) is 0.710. The van der Waals surface area contributed by atoms with E-state index in [0.29, 0.717) is 38.8 Å². The number of carbonyl (C=O) groups is 1. The number of benzene rings is 2. The molecule has 0 radical (unpaired) electrons. The number of hydrogen-bond acceptors (Lipinski definition) is 5. The van der Waals surface area contributed by atoms with Crippen molar-refractivity contribution in [2.24, 2.45) is 7.05 Å². The minimum Gasteiger partial charge on any atom is -0.497 e. The van der Waals surface area contributed by atoms with E-state index in [1.165, 1.54) is 18.8 Å². The van der Waals surface area contributed by atoms with Crippen LogP contribution in [0.3, 0.4) is 0 Å². The van der Waals surface area contributed by atoms with Gasteiger partial charge in [0.05, 0.1) is 36.7 Å². The van der Waals surface area contributed by atoms with Crippen molar-refractivity contribution in [3.05, 3.63) is 63.2 Å². The van der Waals surface area contributed by atoms with Crippen molar-refractivity contribution in [2.75, 3.05) is 14.2 Å². The highest BCUT2D eigenvalue weighted by atomic mass is 35.5. The van der Waals surface area contributed by atoms with Crippen LogP contribution in [0.25, 0.3) is 10.9 Å². The lowest BCUT2D eigenvalue weighted by atomic mass is 10.1. The number of hydrogen-bond donors (Lipinski definition) is 1. The van der Waals surface area contributed by atoms with Crippen LogP contribution in [0.2, 0.25) is 5.02 Å². The van der Waals surface area contributed by atoms with Crippen molar-refractivity contribution < 1.29 is 14.3 Å². The van der Waals surface area contributed by atoms with Gasteiger partial charge in [-0.25, -0.2) is 4.98 Å². The smallest absolute Gasteiger partial charge is 0.261 e. The first kappa shape index (κ1) is 19.7. The van der Waals surface area contributed by atoms with Crippen molar-refractivity contribution in [1.29, 1.82) is 0 Å². The Morgan fingerprint density at radius 3 is 2.61 bits per heavy atom. The summed E-state index contributed by atoms with van der Waals surface area (Å²) in [5.74, 6) is 1.03. The molecule has 1 heterocycles. The molecule has 28 heavy (non-hydrogen) atoms. The average Bonchev–Trinajstić information content (AvgIpc) is 2.69. The minimum atomic E-state index is -0.527. The molecule has 0 fully saturated rings. The summed E-state index contributed by atoms with van der Waals surface area (Å²) in [6.45, 7) is 1.76. The van der Waals surface area contributed by atoms with Crippen LogP contribution in [0.1, 0.15) is 29.1 Å². The molecular weight excluding hydrogens is 382 g/mol. The van der Waals surface area contributed by atoms with Gasteiger partial charge >= 0.3 is 0 Å². The first-order chi connectivity index (χ1) is 13.3. The van der Waals surface area contributed by atoms with E-state index < -0.39 is 6.04 Å². The van der Waals surface area contributed by atoms with Gasteiger partial charge in [0.25, 0.3) is 11.5 Å². The lowest BCUT2D eigenvalue weighted by Gasteiger charge is -2.18. The lowest BCUT2D eigenvalue weighted by Crippen LogP contribution is -2.32. The Morgan fingerprint density at radius 1 is 1.18 bits per heavy atom. The number of fused-ring (bicyclic) bond motifs is 1. The molecule has 1 atom stereocenters. The molecule has 0 aliphatic rings. The van der Waals surface area contributed by atoms with Crippen molar-refractivity contribution in [3.63, 3.8) is 0 Å². The van der Waals surface area contributed by atoms with Gasteiger partial charge in [0.15, 0.2) is 0 Å². The molecule has 0 bridgehead atoms. The molecule has 0 spiro atoms. The summed E-state index contributed by atoms with van der Waals surface area (Å²) in [4.78, 5) is 29.9. The standard InChI is InChI=1S/C20H20ClN3O4/c1-11(22-19(25)15-8-6-13(27-3)10-17(15)28-4)18-23-16-9-12(21)5-7-14(16)20(26)24(18)2/h5-11H,1-4H3,(H,22,25). The molecule has 0 aliphatic heterocycles. The molecule has 7 nitrogen and oxygen atoms in total. The van der Waals surface area contributed by atoms with Crippen LogP contribution in [0.5, 0.6) is 11.5 Å². The summed E-state index contributed by atoms with van der Waals surface area (Å²) >= 11 is 6.02. The number of aromatic nitrogens is 2. The predicted octanol–water partition coefficient (Wildman–Crippen LogP) is 3.10. The zero-order valence-electron chi connectivity index (χ0n) is 15.9. The fourth-order valence-electron chi connectivity index (χ4n) is 2.97. The zero-order chi connectivity index (χ0) is 20.4. The normalized spacial score (nSPS) is 11.9. The molecule has 2 aromatic carbocycles. The Kier molecular flexibility index (Phi) is 5.56. The number of methoxy groups -OCH3 is 2. The van der Waals surface area contributed by atoms with E-state index in [2.05, 4.69) is 10.3 Å². The Hall–Kier alpha value is -3.06. The number of carbonyl (C=O) groups excluding carboxylic acids is 1. The highest BCUT2D eigenvalue weighted by molar-refractivity contribution is 6.31. The number of ether oxygens (including phenoxy) is 2. The van der Waals surface area contributed by atoms with Gasteiger partial charge in [0.1, 0.15) is 17.3 Å². The molecule has 0 saturated heterocycles. The summed E-state index contributed by atoms with van der Waals surface area (Å²) in [5.41, 5.74) is 0.623. The Bertz CT molecular complexity index is 1110. The second kappa shape index (κ2) is 7.90. The van der Waals surface area contributed by atoms with Gasteiger partial charge in [0.2, 0.25) is 0 Å². The number of nitrogens with zero attached hydrogens (tertiary/aromatic N) is 2. The topological polar surface area (TPSA) is 82.5 Å². The van der Waals surface area contributed by atoms with Gasteiger partial charge in [0, 0.05) is 18.1 Å². The van der Waals surface area contributed by atoms with E-state index in [1.807, 2.05) is 0 Å². The molecule has 1 unspecified atom stereocenters. The molecule has 8 heteroatoms. The second-order valence-electron chi connectivity index (χ2n) is 6.26. The van der Waals surface area contributed by atoms with E-state index in [1.54, 1.807) is 50.4 Å². The van der Waals surface area contributed by atoms with Crippen molar-refractivity contribution in [1.82, 2.24) is 14.9 Å². The maximum atomic E-state index is 12.8. The largest absolute Gasteiger partial charge is 0.497 e. The third-order valence-electron chi connectivity index (χ3n) is 4.46.